The third-order valence-corrected chi connectivity index (χ3v) is 2.42. The Hall–Kier alpha value is -0.870. The molecule has 0 saturated heterocycles. The molecular formula is C8H13N3O. The minimum Gasteiger partial charge on any atom is -0.393 e. The highest BCUT2D eigenvalue weighted by Crippen LogP contribution is 2.37. The van der Waals surface area contributed by atoms with Crippen molar-refractivity contribution >= 4 is 0 Å². The van der Waals surface area contributed by atoms with E-state index in [1.165, 1.54) is 0 Å². The lowest BCUT2D eigenvalue weighted by Gasteiger charge is -2.40. The first-order valence-corrected chi connectivity index (χ1v) is 4.07. The number of nitrogens with two attached hydrogens (primary N) is 1. The van der Waals surface area contributed by atoms with Crippen molar-refractivity contribution in [1.82, 2.24) is 9.78 Å². The van der Waals surface area contributed by atoms with E-state index in [4.69, 9.17) is 10.8 Å². The summed E-state index contributed by atoms with van der Waals surface area (Å²) in [6.07, 6.45) is 2.89. The van der Waals surface area contributed by atoms with Crippen molar-refractivity contribution in [1.29, 1.82) is 0 Å². The molecule has 12 heavy (non-hydrogen) atoms. The number of nitrogens with zero attached hydrogens (tertiary/aromatic N) is 2. The van der Waals surface area contributed by atoms with Gasteiger partial charge in [-0.3, -0.25) is 4.68 Å². The molecule has 1 fully saturated rings. The van der Waals surface area contributed by atoms with Gasteiger partial charge in [0.25, 0.3) is 0 Å². The minimum absolute atomic E-state index is 0.239. The van der Waals surface area contributed by atoms with Gasteiger partial charge in [0.05, 0.1) is 17.3 Å². The van der Waals surface area contributed by atoms with Crippen molar-refractivity contribution in [2.45, 2.75) is 24.5 Å². The van der Waals surface area contributed by atoms with E-state index in [0.717, 1.165) is 5.69 Å². The van der Waals surface area contributed by atoms with Gasteiger partial charge in [-0.15, -0.1) is 0 Å². The molecule has 1 aromatic heterocycles. The molecule has 1 aliphatic carbocycles. The average molecular weight is 167 g/mol. The SMILES string of the molecule is Cn1ccc(C2(N)CC(O)C2)n1. The number of hydrogen-bond donors (Lipinski definition) is 2. The van der Waals surface area contributed by atoms with Gasteiger partial charge in [0.1, 0.15) is 0 Å². The van der Waals surface area contributed by atoms with E-state index in [9.17, 15) is 0 Å². The van der Waals surface area contributed by atoms with Gasteiger partial charge >= 0.3 is 0 Å². The molecule has 0 amide bonds. The standard InChI is InChI=1S/C8H13N3O/c1-11-3-2-7(10-11)8(9)4-6(12)5-8/h2-3,6,12H,4-5,9H2,1H3. The Morgan fingerprint density at radius 1 is 1.75 bits per heavy atom. The van der Waals surface area contributed by atoms with Crippen molar-refractivity contribution in [2.75, 3.05) is 0 Å². The van der Waals surface area contributed by atoms with E-state index >= 15 is 0 Å². The molecule has 1 aliphatic rings. The molecule has 0 radical (unpaired) electrons. The zero-order valence-corrected chi connectivity index (χ0v) is 7.07. The second-order valence-electron chi connectivity index (χ2n) is 3.59. The van der Waals surface area contributed by atoms with Gasteiger partial charge in [-0.2, -0.15) is 5.10 Å². The molecule has 0 unspecified atom stereocenters. The summed E-state index contributed by atoms with van der Waals surface area (Å²) < 4.78 is 1.73. The van der Waals surface area contributed by atoms with Crippen molar-refractivity contribution in [3.8, 4) is 0 Å². The van der Waals surface area contributed by atoms with E-state index in [0.29, 0.717) is 12.8 Å². The van der Waals surface area contributed by atoms with E-state index in [1.807, 2.05) is 19.3 Å². The van der Waals surface area contributed by atoms with Gasteiger partial charge in [0.15, 0.2) is 0 Å². The molecule has 1 aromatic rings. The summed E-state index contributed by atoms with van der Waals surface area (Å²) in [5, 5.41) is 13.4. The molecule has 4 nitrogen and oxygen atoms in total. The third-order valence-electron chi connectivity index (χ3n) is 2.42. The normalized spacial score (nSPS) is 34.8. The van der Waals surface area contributed by atoms with Crippen LogP contribution in [0.5, 0.6) is 0 Å². The molecule has 0 aliphatic heterocycles. The van der Waals surface area contributed by atoms with Crippen LogP contribution in [-0.2, 0) is 12.6 Å². The monoisotopic (exact) mass is 167 g/mol. The molecule has 2 rings (SSSR count). The van der Waals surface area contributed by atoms with Gasteiger partial charge in [-0.05, 0) is 18.9 Å². The Morgan fingerprint density at radius 2 is 2.42 bits per heavy atom. The number of aromatic nitrogens is 2. The maximum absolute atomic E-state index is 9.14. The lowest BCUT2D eigenvalue weighted by Crippen LogP contribution is -2.52. The first-order valence-electron chi connectivity index (χ1n) is 4.07. The number of aliphatic hydroxyl groups is 1. The Labute approximate surface area is 71.0 Å². The molecular weight excluding hydrogens is 154 g/mol. The molecule has 0 atom stereocenters. The number of rotatable bonds is 1. The van der Waals surface area contributed by atoms with Crippen molar-refractivity contribution in [3.05, 3.63) is 18.0 Å². The second kappa shape index (κ2) is 2.31. The zero-order valence-electron chi connectivity index (χ0n) is 7.07. The minimum atomic E-state index is -0.374. The van der Waals surface area contributed by atoms with Crippen LogP contribution in [0, 0.1) is 0 Å². The summed E-state index contributed by atoms with van der Waals surface area (Å²) in [6.45, 7) is 0. The molecule has 4 heteroatoms. The van der Waals surface area contributed by atoms with Crippen LogP contribution in [0.3, 0.4) is 0 Å². The van der Waals surface area contributed by atoms with Crippen LogP contribution in [0.1, 0.15) is 18.5 Å². The van der Waals surface area contributed by atoms with Gasteiger partial charge in [0.2, 0.25) is 0 Å². The fraction of sp³-hybridized carbons (Fsp3) is 0.625. The van der Waals surface area contributed by atoms with E-state index in [1.54, 1.807) is 4.68 Å². The van der Waals surface area contributed by atoms with Gasteiger partial charge in [-0.25, -0.2) is 0 Å². The predicted octanol–water partition coefficient (Wildman–Crippen LogP) is -0.271. The van der Waals surface area contributed by atoms with Crippen molar-refractivity contribution in [3.63, 3.8) is 0 Å². The zero-order chi connectivity index (χ0) is 8.77. The first-order chi connectivity index (χ1) is 5.60. The molecule has 66 valence electrons. The maximum atomic E-state index is 9.14. The Kier molecular flexibility index (Phi) is 1.49. The summed E-state index contributed by atoms with van der Waals surface area (Å²) in [5.41, 5.74) is 6.50. The quantitative estimate of drug-likeness (QED) is 0.605. The van der Waals surface area contributed by atoms with Crippen LogP contribution in [0.25, 0.3) is 0 Å². The Morgan fingerprint density at radius 3 is 2.83 bits per heavy atom. The van der Waals surface area contributed by atoms with Crippen LogP contribution < -0.4 is 5.73 Å². The van der Waals surface area contributed by atoms with Gasteiger partial charge < -0.3 is 10.8 Å². The number of aliphatic hydroxyl groups excluding tert-OH is 1. The Bertz CT molecular complexity index is 288. The first kappa shape index (κ1) is 7.76. The molecule has 3 N–H and O–H groups in total. The summed E-state index contributed by atoms with van der Waals surface area (Å²) in [5.74, 6) is 0. The van der Waals surface area contributed by atoms with E-state index < -0.39 is 0 Å². The highest BCUT2D eigenvalue weighted by molar-refractivity contribution is 5.18. The molecule has 1 saturated carbocycles. The lowest BCUT2D eigenvalue weighted by atomic mass is 9.73. The van der Waals surface area contributed by atoms with Crippen LogP contribution in [0.2, 0.25) is 0 Å². The fourth-order valence-corrected chi connectivity index (χ4v) is 1.67. The third kappa shape index (κ3) is 1.04. The average Bonchev–Trinajstić information content (AvgIpc) is 2.33. The molecule has 0 spiro atoms. The summed E-state index contributed by atoms with van der Waals surface area (Å²) in [6, 6.07) is 1.91. The molecule has 1 heterocycles. The highest BCUT2D eigenvalue weighted by Gasteiger charge is 2.43. The summed E-state index contributed by atoms with van der Waals surface area (Å²) >= 11 is 0. The lowest BCUT2D eigenvalue weighted by molar-refractivity contribution is 0.0186. The predicted molar refractivity (Wildman–Crippen MR) is 44.3 cm³/mol. The van der Waals surface area contributed by atoms with Crippen LogP contribution in [-0.4, -0.2) is 21.0 Å². The van der Waals surface area contributed by atoms with Gasteiger partial charge in [-0.1, -0.05) is 0 Å². The molecule has 0 bridgehead atoms. The highest BCUT2D eigenvalue weighted by atomic mass is 16.3. The van der Waals surface area contributed by atoms with E-state index in [2.05, 4.69) is 5.10 Å². The number of aryl methyl sites for hydroxylation is 1. The summed E-state index contributed by atoms with van der Waals surface area (Å²) in [7, 11) is 1.86. The fourth-order valence-electron chi connectivity index (χ4n) is 1.67. The largest absolute Gasteiger partial charge is 0.393 e. The van der Waals surface area contributed by atoms with Crippen LogP contribution in [0.4, 0.5) is 0 Å². The molecule has 0 aromatic carbocycles. The second-order valence-corrected chi connectivity index (χ2v) is 3.59. The van der Waals surface area contributed by atoms with E-state index in [-0.39, 0.29) is 11.6 Å². The number of hydrogen-bond acceptors (Lipinski definition) is 3. The van der Waals surface area contributed by atoms with Crippen molar-refractivity contribution in [2.24, 2.45) is 12.8 Å². The van der Waals surface area contributed by atoms with Crippen LogP contribution >= 0.6 is 0 Å². The Balaban J connectivity index is 2.20. The van der Waals surface area contributed by atoms with Gasteiger partial charge in [0, 0.05) is 13.2 Å². The van der Waals surface area contributed by atoms with Crippen LogP contribution in [0.15, 0.2) is 12.3 Å². The summed E-state index contributed by atoms with van der Waals surface area (Å²) in [4.78, 5) is 0. The smallest absolute Gasteiger partial charge is 0.0825 e. The maximum Gasteiger partial charge on any atom is 0.0825 e. The topological polar surface area (TPSA) is 64.1 Å². The van der Waals surface area contributed by atoms with Crippen molar-refractivity contribution < 1.29 is 5.11 Å².